The Balaban J connectivity index is 0. The van der Waals surface area contributed by atoms with Gasteiger partial charge in [0, 0.05) is 0 Å². The minimum atomic E-state index is 0. The van der Waals surface area contributed by atoms with E-state index in [4.69, 9.17) is 0 Å². The molecule has 0 aliphatic heterocycles. The van der Waals surface area contributed by atoms with Crippen molar-refractivity contribution in [1.82, 2.24) is 0 Å². The maximum Gasteiger partial charge on any atom is 1.00 e. The molecular weight excluding hydrogens is 117 g/mol. The van der Waals surface area contributed by atoms with Crippen LogP contribution in [0.25, 0.3) is 0 Å². The van der Waals surface area contributed by atoms with E-state index in [0.717, 1.165) is 0 Å². The zero-order chi connectivity index (χ0) is 0. The van der Waals surface area contributed by atoms with Crippen molar-refractivity contribution < 1.29 is 123 Å². The molecule has 0 rings (SSSR count). The summed E-state index contributed by atoms with van der Waals surface area (Å²) < 4.78 is 0. The van der Waals surface area contributed by atoms with Gasteiger partial charge in [0.05, 0.1) is 0 Å². The molecule has 5 heavy (non-hydrogen) atoms. The van der Waals surface area contributed by atoms with Gasteiger partial charge in [-0.2, -0.15) is 0 Å². The van der Waals surface area contributed by atoms with Crippen molar-refractivity contribution >= 4 is 0 Å². The fourth-order valence-corrected chi connectivity index (χ4v) is 0. The van der Waals surface area contributed by atoms with Crippen molar-refractivity contribution in [3.63, 3.8) is 0 Å². The van der Waals surface area contributed by atoms with Gasteiger partial charge in [-0.25, -0.2) is 0 Å². The van der Waals surface area contributed by atoms with Gasteiger partial charge in [0.15, 0.2) is 0 Å². The average molecular weight is 120 g/mol. The minimum absolute atomic E-state index is 0. The van der Waals surface area contributed by atoms with E-state index in [0.29, 0.717) is 0 Å². The molecule has 0 heterocycles. The Morgan fingerprint density at radius 1 is 0.800 bits per heavy atom. The second-order valence-electron chi connectivity index (χ2n) is 0. The smallest absolute Gasteiger partial charge is 1.00 e. The predicted molar refractivity (Wildman–Crippen MR) is 4.98 cm³/mol. The molecule has 2 N–H and O–H groups in total. The van der Waals surface area contributed by atoms with E-state index in [1.165, 1.54) is 0 Å². The van der Waals surface area contributed by atoms with E-state index in [2.05, 4.69) is 0 Å². The summed E-state index contributed by atoms with van der Waals surface area (Å²) >= 11 is 0. The Morgan fingerprint density at radius 3 is 0.800 bits per heavy atom. The van der Waals surface area contributed by atoms with E-state index < -0.39 is 0 Å². The second kappa shape index (κ2) is 25.7. The fourth-order valence-electron chi connectivity index (χ4n) is 0. The maximum atomic E-state index is 0. The van der Waals surface area contributed by atoms with E-state index in [-0.39, 0.29) is 123 Å². The molecule has 0 saturated heterocycles. The predicted octanol–water partition coefficient (Wildman–Crippen LogP) is -9.23. The zero-order valence-corrected chi connectivity index (χ0v) is 11.0. The van der Waals surface area contributed by atoms with Gasteiger partial charge in [-0.15, -0.1) is 0 Å². The first-order chi connectivity index (χ1) is 0. The van der Waals surface area contributed by atoms with Crippen LogP contribution in [0.1, 0.15) is 1.43 Å². The molecule has 0 aliphatic rings. The summed E-state index contributed by atoms with van der Waals surface area (Å²) in [5.41, 5.74) is 0. The van der Waals surface area contributed by atoms with Crippen molar-refractivity contribution in [2.75, 3.05) is 0 Å². The third-order valence-electron chi connectivity index (χ3n) is 0. The average Bonchev–Trinajstić information content (AvgIpc) is 0. The van der Waals surface area contributed by atoms with E-state index in [1.54, 1.807) is 0 Å². The Labute approximate surface area is 120 Å². The van der Waals surface area contributed by atoms with Crippen LogP contribution in [0.2, 0.25) is 0 Å². The number of hydrogen-bond donors (Lipinski definition) is 0. The molecule has 0 aromatic carbocycles. The summed E-state index contributed by atoms with van der Waals surface area (Å²) in [4.78, 5) is 0. The van der Waals surface area contributed by atoms with Crippen LogP contribution >= 0.6 is 0 Å². The monoisotopic (exact) mass is 120 g/mol. The van der Waals surface area contributed by atoms with Gasteiger partial charge >= 0.3 is 110 Å². The summed E-state index contributed by atoms with van der Waals surface area (Å²) in [6, 6.07) is 0. The van der Waals surface area contributed by atoms with Crippen LogP contribution in [0.4, 0.5) is 0 Å². The Kier molecular flexibility index (Phi) is 198. The summed E-state index contributed by atoms with van der Waals surface area (Å²) in [6.07, 6.45) is 0. The van der Waals surface area contributed by atoms with Crippen molar-refractivity contribution in [3.8, 4) is 0 Å². The molecule has 0 fully saturated rings. The van der Waals surface area contributed by atoms with Gasteiger partial charge < -0.3 is 12.4 Å². The van der Waals surface area contributed by atoms with Crippen molar-refractivity contribution in [2.24, 2.45) is 0 Å². The molecular formula is H3KNa2O2. The van der Waals surface area contributed by atoms with Crippen molar-refractivity contribution in [1.29, 1.82) is 0 Å². The van der Waals surface area contributed by atoms with Crippen LogP contribution in [0.5, 0.6) is 0 Å². The number of rotatable bonds is 0. The molecule has 5 heteroatoms. The normalized spacial score (nSPS) is 0. The molecule has 0 unspecified atom stereocenters. The summed E-state index contributed by atoms with van der Waals surface area (Å²) in [5.74, 6) is 0. The standard InChI is InChI=1S/K.2Na.2H2O.H/h;;;2*1H2;/q3*+1;;;-1/p-2. The minimum Gasteiger partial charge on any atom is -1.00 e. The first-order valence-electron chi connectivity index (χ1n) is 0. The van der Waals surface area contributed by atoms with Gasteiger partial charge in [0.25, 0.3) is 0 Å². The third-order valence-corrected chi connectivity index (χ3v) is 0. The largest absolute Gasteiger partial charge is 1.00 e. The van der Waals surface area contributed by atoms with Crippen LogP contribution < -0.4 is 110 Å². The third kappa shape index (κ3) is 18.4. The first-order valence-corrected chi connectivity index (χ1v) is 0. The van der Waals surface area contributed by atoms with Crippen LogP contribution in [-0.2, 0) is 0 Å². The van der Waals surface area contributed by atoms with Gasteiger partial charge in [0.2, 0.25) is 0 Å². The second-order valence-corrected chi connectivity index (χ2v) is 0. The fraction of sp³-hybridized carbons (Fsp3) is 0. The van der Waals surface area contributed by atoms with E-state index >= 15 is 0 Å². The molecule has 0 aromatic heterocycles. The Bertz CT molecular complexity index is 11.5. The Hall–Kier alpha value is 3.56. The van der Waals surface area contributed by atoms with Gasteiger partial charge in [-0.1, -0.05) is 0 Å². The quantitative estimate of drug-likeness (QED) is 0.298. The summed E-state index contributed by atoms with van der Waals surface area (Å²) in [6.45, 7) is 0. The van der Waals surface area contributed by atoms with Gasteiger partial charge in [0.1, 0.15) is 0 Å². The SMILES string of the molecule is [H-].[K+].[Na+].[Na+].[OH-].[OH-]. The molecule has 0 aliphatic carbocycles. The van der Waals surface area contributed by atoms with Crippen LogP contribution in [0, 0.1) is 0 Å². The molecule has 0 spiro atoms. The molecule has 0 amide bonds. The zero-order valence-electron chi connectivity index (χ0n) is 4.89. The molecule has 0 atom stereocenters. The van der Waals surface area contributed by atoms with Crippen LogP contribution in [-0.4, -0.2) is 11.0 Å². The first kappa shape index (κ1) is 38.6. The molecule has 2 nitrogen and oxygen atoms in total. The topological polar surface area (TPSA) is 60.0 Å². The van der Waals surface area contributed by atoms with Crippen molar-refractivity contribution in [2.45, 2.75) is 0 Å². The molecule has 18 valence electrons. The van der Waals surface area contributed by atoms with Crippen molar-refractivity contribution in [3.05, 3.63) is 0 Å². The Morgan fingerprint density at radius 2 is 0.800 bits per heavy atom. The van der Waals surface area contributed by atoms with Gasteiger partial charge in [-0.05, 0) is 0 Å². The van der Waals surface area contributed by atoms with Gasteiger partial charge in [-0.3, -0.25) is 0 Å². The van der Waals surface area contributed by atoms with Crippen LogP contribution in [0.15, 0.2) is 0 Å². The van der Waals surface area contributed by atoms with Crippen LogP contribution in [0.3, 0.4) is 0 Å². The van der Waals surface area contributed by atoms with E-state index in [9.17, 15) is 0 Å². The molecule has 0 radical (unpaired) electrons. The molecule has 0 aromatic rings. The summed E-state index contributed by atoms with van der Waals surface area (Å²) in [5, 5.41) is 0. The summed E-state index contributed by atoms with van der Waals surface area (Å²) in [7, 11) is 0. The number of hydrogen-bond acceptors (Lipinski definition) is 2. The molecule has 0 saturated carbocycles. The maximum absolute atomic E-state index is 0. The van der Waals surface area contributed by atoms with E-state index in [1.807, 2.05) is 0 Å². The molecule has 0 bridgehead atoms.